The van der Waals surface area contributed by atoms with Crippen molar-refractivity contribution in [3.8, 4) is 0 Å². The maximum absolute atomic E-state index is 12.6. The first-order valence-corrected chi connectivity index (χ1v) is 22.5. The minimum absolute atomic E-state index is 0.0600. The lowest BCUT2D eigenvalue weighted by atomic mass is 10.1. The van der Waals surface area contributed by atoms with Crippen molar-refractivity contribution in [2.24, 2.45) is 0 Å². The molecule has 324 valence electrons. The zero-order valence-electron chi connectivity index (χ0n) is 35.8. The number of phosphoric acid groups is 1. The van der Waals surface area contributed by atoms with Gasteiger partial charge in [-0.25, -0.2) is 0 Å². The number of rotatable bonds is 36. The molecule has 0 heterocycles. The fourth-order valence-electron chi connectivity index (χ4n) is 4.83. The quantitative estimate of drug-likeness (QED) is 0.0216. The van der Waals surface area contributed by atoms with Gasteiger partial charge in [0.2, 0.25) is 0 Å². The number of ether oxygens (including phenoxy) is 2. The molecule has 0 radical (unpaired) electrons. The summed E-state index contributed by atoms with van der Waals surface area (Å²) in [5.74, 6) is -0.985. The van der Waals surface area contributed by atoms with E-state index in [0.717, 1.165) is 77.0 Å². The maximum Gasteiger partial charge on any atom is 0.306 e. The molecular formula is C46H76NO9P. The second-order valence-electron chi connectivity index (χ2n) is 14.8. The van der Waals surface area contributed by atoms with E-state index in [1.807, 2.05) is 45.4 Å². The van der Waals surface area contributed by atoms with Crippen LogP contribution in [0.4, 0.5) is 0 Å². The molecule has 0 aromatic carbocycles. The highest BCUT2D eigenvalue weighted by molar-refractivity contribution is 7.45. The molecule has 0 aliphatic heterocycles. The van der Waals surface area contributed by atoms with Crippen LogP contribution in [0.25, 0.3) is 0 Å². The Bertz CT molecular complexity index is 1310. The number of carbonyl (C=O) groups is 2. The number of nitrogens with zero attached hydrogens (tertiary/aromatic N) is 1. The maximum atomic E-state index is 12.6. The van der Waals surface area contributed by atoms with Gasteiger partial charge >= 0.3 is 11.9 Å². The number of unbranched alkanes of at least 4 members (excludes halogenated alkanes) is 4. The third-order valence-corrected chi connectivity index (χ3v) is 9.12. The number of likely N-dealkylation sites (N-methyl/N-ethyl adjacent to an activating group) is 1. The van der Waals surface area contributed by atoms with Crippen LogP contribution < -0.4 is 4.89 Å². The molecule has 1 unspecified atom stereocenters. The molecule has 0 fully saturated rings. The highest BCUT2D eigenvalue weighted by Crippen LogP contribution is 2.38. The van der Waals surface area contributed by atoms with Crippen molar-refractivity contribution < 1.29 is 47.2 Å². The van der Waals surface area contributed by atoms with Gasteiger partial charge < -0.3 is 33.0 Å². The van der Waals surface area contributed by atoms with Crippen molar-refractivity contribution in [2.75, 3.05) is 47.5 Å². The Morgan fingerprint density at radius 1 is 0.649 bits per heavy atom. The summed E-state index contributed by atoms with van der Waals surface area (Å²) in [5, 5.41) is 9.81. The van der Waals surface area contributed by atoms with Crippen molar-refractivity contribution in [1.29, 1.82) is 0 Å². The molecular weight excluding hydrogens is 741 g/mol. The van der Waals surface area contributed by atoms with Gasteiger partial charge in [-0.3, -0.25) is 14.2 Å². The fraction of sp³-hybridized carbons (Fsp3) is 0.609. The minimum atomic E-state index is -4.66. The van der Waals surface area contributed by atoms with Gasteiger partial charge in [-0.2, -0.15) is 0 Å². The first-order valence-electron chi connectivity index (χ1n) is 21.0. The van der Waals surface area contributed by atoms with Crippen LogP contribution in [0.1, 0.15) is 123 Å². The van der Waals surface area contributed by atoms with E-state index < -0.39 is 32.5 Å². The van der Waals surface area contributed by atoms with Gasteiger partial charge in [-0.1, -0.05) is 124 Å². The number of phosphoric ester groups is 1. The fourth-order valence-corrected chi connectivity index (χ4v) is 5.56. The van der Waals surface area contributed by atoms with E-state index in [-0.39, 0.29) is 32.2 Å². The molecule has 11 heteroatoms. The summed E-state index contributed by atoms with van der Waals surface area (Å²) >= 11 is 0. The number of hydrogen-bond acceptors (Lipinski definition) is 9. The second kappa shape index (κ2) is 37.2. The van der Waals surface area contributed by atoms with Gasteiger partial charge in [-0.05, 0) is 83.5 Å². The van der Waals surface area contributed by atoms with Gasteiger partial charge in [0.15, 0.2) is 6.10 Å². The lowest BCUT2D eigenvalue weighted by Crippen LogP contribution is -2.37. The van der Waals surface area contributed by atoms with Crippen LogP contribution in [0.15, 0.2) is 97.2 Å². The Morgan fingerprint density at radius 2 is 1.16 bits per heavy atom. The third-order valence-electron chi connectivity index (χ3n) is 8.16. The number of hydrogen-bond donors (Lipinski definition) is 1. The van der Waals surface area contributed by atoms with Crippen LogP contribution in [0.3, 0.4) is 0 Å². The molecule has 0 saturated carbocycles. The monoisotopic (exact) mass is 818 g/mol. The predicted octanol–water partition coefficient (Wildman–Crippen LogP) is 10.1. The molecule has 0 bridgehead atoms. The summed E-state index contributed by atoms with van der Waals surface area (Å²) in [5.41, 5.74) is 0. The van der Waals surface area contributed by atoms with Crippen LogP contribution in [0.2, 0.25) is 0 Å². The molecule has 10 nitrogen and oxygen atoms in total. The molecule has 0 aliphatic rings. The minimum Gasteiger partial charge on any atom is -0.756 e. The summed E-state index contributed by atoms with van der Waals surface area (Å²) in [4.78, 5) is 37.4. The molecule has 0 spiro atoms. The summed E-state index contributed by atoms with van der Waals surface area (Å²) in [6.45, 7) is 3.79. The molecule has 3 atom stereocenters. The Kier molecular flexibility index (Phi) is 35.2. The van der Waals surface area contributed by atoms with Crippen molar-refractivity contribution >= 4 is 19.8 Å². The Balaban J connectivity index is 4.60. The van der Waals surface area contributed by atoms with E-state index >= 15 is 0 Å². The summed E-state index contributed by atoms with van der Waals surface area (Å²) in [6.07, 6.45) is 45.0. The Labute approximate surface area is 346 Å². The van der Waals surface area contributed by atoms with Crippen molar-refractivity contribution in [3.05, 3.63) is 97.2 Å². The average molecular weight is 818 g/mol. The van der Waals surface area contributed by atoms with E-state index in [4.69, 9.17) is 18.5 Å². The van der Waals surface area contributed by atoms with Gasteiger partial charge in [0.05, 0.1) is 33.9 Å². The SMILES string of the molecule is CC/C=C\C/C=C\C/C=C\C/C=C\CCCCC(=O)O[C@H](COC(=O)CCC/C=C\C/C=C\C/C=C\C/C=C\[C@@H](O)CCCC)COP(=O)([O-])OCC[N+](C)(C)C. The molecule has 0 aliphatic carbocycles. The average Bonchev–Trinajstić information content (AvgIpc) is 3.16. The molecule has 0 rings (SSSR count). The smallest absolute Gasteiger partial charge is 0.306 e. The van der Waals surface area contributed by atoms with Gasteiger partial charge in [0.25, 0.3) is 7.82 Å². The molecule has 0 saturated heterocycles. The van der Waals surface area contributed by atoms with Crippen LogP contribution in [0.5, 0.6) is 0 Å². The largest absolute Gasteiger partial charge is 0.756 e. The standard InChI is InChI=1S/C46H76NO9P/c1-6-8-10-11-12-13-14-15-16-17-22-25-28-31-34-38-46(50)56-44(42-55-57(51,52)54-40-39-47(3,4)5)41-53-45(49)37-33-30-27-24-21-19-18-20-23-26-29-32-36-43(48)35-9-7-2/h8,10,12-13,15-16,18-19,22-27,32,36,43-44,48H,6-7,9,11,14,17,20-21,28-31,33-35,37-42H2,1-5H3/b10-8-,13-12-,16-15-,19-18-,25-22-,26-23-,27-24-,36-32-/t43-,44+/m0/s1. The topological polar surface area (TPSA) is 131 Å². The molecule has 1 N–H and O–H groups in total. The highest BCUT2D eigenvalue weighted by atomic mass is 31.2. The summed E-state index contributed by atoms with van der Waals surface area (Å²) in [6, 6.07) is 0. The molecule has 0 aromatic heterocycles. The lowest BCUT2D eigenvalue weighted by molar-refractivity contribution is -0.870. The number of esters is 2. The van der Waals surface area contributed by atoms with Gasteiger partial charge in [-0.15, -0.1) is 0 Å². The summed E-state index contributed by atoms with van der Waals surface area (Å²) < 4.78 is 33.7. The first kappa shape index (κ1) is 53.9. The lowest BCUT2D eigenvalue weighted by Gasteiger charge is -2.28. The number of aliphatic hydroxyl groups excluding tert-OH is 1. The third kappa shape index (κ3) is 40.9. The zero-order valence-corrected chi connectivity index (χ0v) is 36.7. The van der Waals surface area contributed by atoms with E-state index in [0.29, 0.717) is 30.3 Å². The Hall–Kier alpha value is -3.11. The second-order valence-corrected chi connectivity index (χ2v) is 16.2. The zero-order chi connectivity index (χ0) is 42.3. The van der Waals surface area contributed by atoms with Crippen molar-refractivity contribution in [3.63, 3.8) is 0 Å². The highest BCUT2D eigenvalue weighted by Gasteiger charge is 2.21. The van der Waals surface area contributed by atoms with Crippen LogP contribution in [0, 0.1) is 0 Å². The molecule has 57 heavy (non-hydrogen) atoms. The van der Waals surface area contributed by atoms with E-state index in [1.54, 1.807) is 0 Å². The summed E-state index contributed by atoms with van der Waals surface area (Å²) in [7, 11) is 1.06. The van der Waals surface area contributed by atoms with Crippen LogP contribution >= 0.6 is 7.82 Å². The van der Waals surface area contributed by atoms with Gasteiger partial charge in [0, 0.05) is 12.8 Å². The van der Waals surface area contributed by atoms with E-state index in [2.05, 4.69) is 86.8 Å². The molecule has 0 aromatic rings. The van der Waals surface area contributed by atoms with Crippen molar-refractivity contribution in [2.45, 2.75) is 135 Å². The number of aliphatic hydroxyl groups is 1. The predicted molar refractivity (Wildman–Crippen MR) is 232 cm³/mol. The number of quaternary nitrogens is 1. The Morgan fingerprint density at radius 3 is 1.70 bits per heavy atom. The number of carbonyl (C=O) groups excluding carboxylic acids is 2. The van der Waals surface area contributed by atoms with E-state index in [9.17, 15) is 24.2 Å². The molecule has 0 amide bonds. The number of allylic oxidation sites excluding steroid dienone is 15. The van der Waals surface area contributed by atoms with E-state index in [1.165, 1.54) is 0 Å². The van der Waals surface area contributed by atoms with Crippen LogP contribution in [-0.2, 0) is 32.7 Å². The van der Waals surface area contributed by atoms with Crippen molar-refractivity contribution in [1.82, 2.24) is 0 Å². The first-order chi connectivity index (χ1) is 27.4. The van der Waals surface area contributed by atoms with Crippen LogP contribution in [-0.4, -0.2) is 81.2 Å². The normalized spacial score (nSPS) is 15.1. The van der Waals surface area contributed by atoms with Gasteiger partial charge in [0.1, 0.15) is 19.8 Å².